The molecule has 22 heavy (non-hydrogen) atoms. The minimum atomic E-state index is -0.344. The van der Waals surface area contributed by atoms with E-state index in [9.17, 15) is 4.79 Å². The molecule has 2 aromatic heterocycles. The van der Waals surface area contributed by atoms with Crippen LogP contribution in [0.15, 0.2) is 48.8 Å². The number of rotatable bonds is 4. The molecule has 6 heteroatoms. The van der Waals surface area contributed by atoms with Crippen molar-refractivity contribution in [2.45, 2.75) is 13.0 Å². The standard InChI is InChI=1S/C16H12Cl2N2O2/c17-12-5-6-15-19-13(9-20(15)8-12)10-22-16(21)7-11-3-1-2-4-14(11)18/h1-6,8-9H,7,10H2. The van der Waals surface area contributed by atoms with Crippen molar-refractivity contribution in [3.63, 3.8) is 0 Å². The van der Waals surface area contributed by atoms with Crippen LogP contribution in [0.25, 0.3) is 5.65 Å². The molecular formula is C16H12Cl2N2O2. The number of ether oxygens (including phenoxy) is 1. The Bertz CT molecular complexity index is 830. The van der Waals surface area contributed by atoms with Crippen molar-refractivity contribution in [2.75, 3.05) is 0 Å². The highest BCUT2D eigenvalue weighted by Crippen LogP contribution is 2.16. The van der Waals surface area contributed by atoms with Crippen molar-refractivity contribution in [3.8, 4) is 0 Å². The molecule has 0 amide bonds. The van der Waals surface area contributed by atoms with Crippen molar-refractivity contribution in [3.05, 3.63) is 70.1 Å². The molecule has 0 spiro atoms. The van der Waals surface area contributed by atoms with E-state index < -0.39 is 0 Å². The summed E-state index contributed by atoms with van der Waals surface area (Å²) in [7, 11) is 0. The van der Waals surface area contributed by atoms with Gasteiger partial charge in [-0.2, -0.15) is 0 Å². The Morgan fingerprint density at radius 3 is 2.77 bits per heavy atom. The van der Waals surface area contributed by atoms with Gasteiger partial charge in [0.05, 0.1) is 17.1 Å². The SMILES string of the molecule is O=C(Cc1ccccc1Cl)OCc1cn2cc(Cl)ccc2n1. The van der Waals surface area contributed by atoms with Gasteiger partial charge in [0, 0.05) is 17.4 Å². The molecule has 0 bridgehead atoms. The maximum absolute atomic E-state index is 11.9. The molecular weight excluding hydrogens is 323 g/mol. The Balaban J connectivity index is 1.63. The number of imidazole rings is 1. The summed E-state index contributed by atoms with van der Waals surface area (Å²) >= 11 is 11.9. The molecule has 0 fully saturated rings. The van der Waals surface area contributed by atoms with Crippen LogP contribution in [0.3, 0.4) is 0 Å². The number of aromatic nitrogens is 2. The first-order valence-electron chi connectivity index (χ1n) is 6.64. The number of benzene rings is 1. The largest absolute Gasteiger partial charge is 0.459 e. The molecule has 0 atom stereocenters. The highest BCUT2D eigenvalue weighted by Gasteiger charge is 2.09. The minimum absolute atomic E-state index is 0.114. The molecule has 3 aromatic rings. The summed E-state index contributed by atoms with van der Waals surface area (Å²) in [5.74, 6) is -0.344. The van der Waals surface area contributed by atoms with Crippen LogP contribution in [0.4, 0.5) is 0 Å². The van der Waals surface area contributed by atoms with Crippen molar-refractivity contribution in [1.82, 2.24) is 9.38 Å². The normalized spacial score (nSPS) is 10.8. The van der Waals surface area contributed by atoms with E-state index in [1.165, 1.54) is 0 Å². The predicted molar refractivity (Wildman–Crippen MR) is 85.2 cm³/mol. The van der Waals surface area contributed by atoms with Gasteiger partial charge in [-0.15, -0.1) is 0 Å². The second kappa shape index (κ2) is 6.38. The van der Waals surface area contributed by atoms with Gasteiger partial charge in [0.15, 0.2) is 0 Å². The van der Waals surface area contributed by atoms with E-state index in [1.54, 1.807) is 41.1 Å². The Morgan fingerprint density at radius 1 is 1.14 bits per heavy atom. The zero-order valence-corrected chi connectivity index (χ0v) is 13.0. The summed E-state index contributed by atoms with van der Waals surface area (Å²) in [6.07, 6.45) is 3.67. The minimum Gasteiger partial charge on any atom is -0.459 e. The first-order chi connectivity index (χ1) is 10.6. The second-order valence-electron chi connectivity index (χ2n) is 4.77. The zero-order valence-electron chi connectivity index (χ0n) is 11.5. The molecule has 0 aliphatic rings. The summed E-state index contributed by atoms with van der Waals surface area (Å²) in [5, 5.41) is 1.17. The summed E-state index contributed by atoms with van der Waals surface area (Å²) in [6, 6.07) is 10.8. The number of carbonyl (C=O) groups excluding carboxylic acids is 1. The lowest BCUT2D eigenvalue weighted by atomic mass is 10.1. The lowest BCUT2D eigenvalue weighted by molar-refractivity contribution is -0.144. The summed E-state index contributed by atoms with van der Waals surface area (Å²) in [5.41, 5.74) is 2.16. The van der Waals surface area contributed by atoms with Crippen LogP contribution in [0.2, 0.25) is 10.0 Å². The van der Waals surface area contributed by atoms with Gasteiger partial charge in [0.1, 0.15) is 12.3 Å². The number of halogens is 2. The fraction of sp³-hybridized carbons (Fsp3) is 0.125. The third-order valence-electron chi connectivity index (χ3n) is 3.14. The summed E-state index contributed by atoms with van der Waals surface area (Å²) < 4.78 is 7.03. The predicted octanol–water partition coefficient (Wildman–Crippen LogP) is 3.93. The summed E-state index contributed by atoms with van der Waals surface area (Å²) in [4.78, 5) is 16.2. The lowest BCUT2D eigenvalue weighted by Crippen LogP contribution is -2.08. The molecule has 4 nitrogen and oxygen atoms in total. The van der Waals surface area contributed by atoms with Crippen molar-refractivity contribution < 1.29 is 9.53 Å². The topological polar surface area (TPSA) is 43.6 Å². The van der Waals surface area contributed by atoms with Crippen LogP contribution in [0.5, 0.6) is 0 Å². The molecule has 0 N–H and O–H groups in total. The first kappa shape index (κ1) is 14.9. The van der Waals surface area contributed by atoms with Gasteiger partial charge in [0.25, 0.3) is 0 Å². The van der Waals surface area contributed by atoms with Gasteiger partial charge in [0.2, 0.25) is 0 Å². The van der Waals surface area contributed by atoms with E-state index in [-0.39, 0.29) is 19.0 Å². The Labute approximate surface area is 137 Å². The van der Waals surface area contributed by atoms with Crippen molar-refractivity contribution in [2.24, 2.45) is 0 Å². The number of carbonyl (C=O) groups is 1. The van der Waals surface area contributed by atoms with Crippen molar-refractivity contribution in [1.29, 1.82) is 0 Å². The van der Waals surface area contributed by atoms with Gasteiger partial charge in [-0.05, 0) is 23.8 Å². The molecule has 0 aliphatic heterocycles. The smallest absolute Gasteiger partial charge is 0.310 e. The van der Waals surface area contributed by atoms with E-state index >= 15 is 0 Å². The highest BCUT2D eigenvalue weighted by atomic mass is 35.5. The third kappa shape index (κ3) is 3.40. The number of fused-ring (bicyclic) bond motifs is 1. The number of nitrogens with zero attached hydrogens (tertiary/aromatic N) is 2. The van der Waals surface area contributed by atoms with Gasteiger partial charge >= 0.3 is 5.97 Å². The van der Waals surface area contributed by atoms with Crippen LogP contribution in [0, 0.1) is 0 Å². The Hall–Kier alpha value is -2.04. The molecule has 112 valence electrons. The first-order valence-corrected chi connectivity index (χ1v) is 7.39. The number of esters is 1. The van der Waals surface area contributed by atoms with Gasteiger partial charge < -0.3 is 9.14 Å². The summed E-state index contributed by atoms with van der Waals surface area (Å²) in [6.45, 7) is 0.114. The molecule has 2 heterocycles. The molecule has 0 unspecified atom stereocenters. The molecule has 0 saturated carbocycles. The number of hydrogen-bond donors (Lipinski definition) is 0. The van der Waals surface area contributed by atoms with Crippen molar-refractivity contribution >= 4 is 34.8 Å². The number of hydrogen-bond acceptors (Lipinski definition) is 3. The van der Waals surface area contributed by atoms with E-state index in [0.717, 1.165) is 11.2 Å². The zero-order chi connectivity index (χ0) is 15.5. The monoisotopic (exact) mass is 334 g/mol. The maximum atomic E-state index is 11.9. The molecule has 1 aromatic carbocycles. The van der Waals surface area contributed by atoms with Gasteiger partial charge in [-0.3, -0.25) is 4.79 Å². The maximum Gasteiger partial charge on any atom is 0.310 e. The average molecular weight is 335 g/mol. The average Bonchev–Trinajstić information content (AvgIpc) is 2.89. The van der Waals surface area contributed by atoms with Gasteiger partial charge in [-0.1, -0.05) is 41.4 Å². The third-order valence-corrected chi connectivity index (χ3v) is 3.73. The van der Waals surface area contributed by atoms with Gasteiger partial charge in [-0.25, -0.2) is 4.98 Å². The van der Waals surface area contributed by atoms with E-state index in [2.05, 4.69) is 4.98 Å². The number of pyridine rings is 1. The van der Waals surface area contributed by atoms with Crippen LogP contribution in [-0.4, -0.2) is 15.4 Å². The molecule has 0 aliphatic carbocycles. The van der Waals surface area contributed by atoms with E-state index in [0.29, 0.717) is 15.7 Å². The molecule has 3 rings (SSSR count). The van der Waals surface area contributed by atoms with E-state index in [1.807, 2.05) is 12.1 Å². The highest BCUT2D eigenvalue weighted by molar-refractivity contribution is 6.31. The molecule has 0 radical (unpaired) electrons. The second-order valence-corrected chi connectivity index (χ2v) is 5.62. The van der Waals surface area contributed by atoms with Crippen LogP contribution < -0.4 is 0 Å². The lowest BCUT2D eigenvalue weighted by Gasteiger charge is -2.04. The van der Waals surface area contributed by atoms with Crippen LogP contribution in [-0.2, 0) is 22.6 Å². The van der Waals surface area contributed by atoms with E-state index in [4.69, 9.17) is 27.9 Å². The fourth-order valence-corrected chi connectivity index (χ4v) is 2.46. The quantitative estimate of drug-likeness (QED) is 0.679. The fourth-order valence-electron chi connectivity index (χ4n) is 2.09. The van der Waals surface area contributed by atoms with Crippen LogP contribution in [0.1, 0.15) is 11.3 Å². The molecule has 0 saturated heterocycles. The van der Waals surface area contributed by atoms with Crippen LogP contribution >= 0.6 is 23.2 Å². The Kier molecular flexibility index (Phi) is 4.32. The Morgan fingerprint density at radius 2 is 1.95 bits per heavy atom.